The van der Waals surface area contributed by atoms with E-state index in [1.165, 1.54) is 25.7 Å². The van der Waals surface area contributed by atoms with Crippen molar-refractivity contribution in [1.29, 1.82) is 0 Å². The van der Waals surface area contributed by atoms with Crippen LogP contribution in [-0.4, -0.2) is 18.5 Å². The molecule has 19 heavy (non-hydrogen) atoms. The molecule has 3 atom stereocenters. The molecule has 3 heteroatoms. The van der Waals surface area contributed by atoms with Crippen LogP contribution in [0, 0.1) is 17.8 Å². The second kappa shape index (κ2) is 8.57. The summed E-state index contributed by atoms with van der Waals surface area (Å²) in [5, 5.41) is 3.23. The summed E-state index contributed by atoms with van der Waals surface area (Å²) >= 11 is 0. The summed E-state index contributed by atoms with van der Waals surface area (Å²) in [6, 6.07) is 0.406. The van der Waals surface area contributed by atoms with E-state index in [4.69, 9.17) is 5.73 Å². The minimum Gasteiger partial charge on any atom is -0.353 e. The van der Waals surface area contributed by atoms with Gasteiger partial charge in [-0.25, -0.2) is 0 Å². The summed E-state index contributed by atoms with van der Waals surface area (Å²) in [4.78, 5) is 12.1. The average Bonchev–Trinajstić information content (AvgIpc) is 2.37. The fraction of sp³-hybridized carbons (Fsp3) is 0.938. The minimum absolute atomic E-state index is 0.206. The Balaban J connectivity index is 2.33. The lowest BCUT2D eigenvalue weighted by Gasteiger charge is -2.29. The zero-order chi connectivity index (χ0) is 14.3. The number of hydrogen-bond acceptors (Lipinski definition) is 2. The lowest BCUT2D eigenvalue weighted by molar-refractivity contribution is -0.123. The molecule has 112 valence electrons. The molecule has 0 radical (unpaired) electrons. The largest absolute Gasteiger partial charge is 0.353 e. The Morgan fingerprint density at radius 3 is 2.68 bits per heavy atom. The van der Waals surface area contributed by atoms with Crippen LogP contribution in [0.25, 0.3) is 0 Å². The highest BCUT2D eigenvalue weighted by molar-refractivity contribution is 5.76. The van der Waals surface area contributed by atoms with Crippen LogP contribution in [0.3, 0.4) is 0 Å². The zero-order valence-corrected chi connectivity index (χ0v) is 13.0. The van der Waals surface area contributed by atoms with Gasteiger partial charge >= 0.3 is 0 Å². The predicted octanol–water partition coefficient (Wildman–Crippen LogP) is 3.08. The van der Waals surface area contributed by atoms with E-state index in [2.05, 4.69) is 26.1 Å². The van der Waals surface area contributed by atoms with Crippen LogP contribution in [0.15, 0.2) is 0 Å². The van der Waals surface area contributed by atoms with Gasteiger partial charge in [0.25, 0.3) is 0 Å². The van der Waals surface area contributed by atoms with Crippen LogP contribution >= 0.6 is 0 Å². The molecule has 1 aliphatic carbocycles. The molecular weight excluding hydrogens is 236 g/mol. The van der Waals surface area contributed by atoms with Gasteiger partial charge in [0.2, 0.25) is 5.91 Å². The van der Waals surface area contributed by atoms with Crippen molar-refractivity contribution in [3.05, 3.63) is 0 Å². The molecule has 0 aromatic rings. The van der Waals surface area contributed by atoms with Gasteiger partial charge in [-0.15, -0.1) is 0 Å². The highest BCUT2D eigenvalue weighted by Gasteiger charge is 2.23. The molecule has 1 saturated carbocycles. The summed E-state index contributed by atoms with van der Waals surface area (Å²) in [7, 11) is 0. The Hall–Kier alpha value is -0.570. The molecule has 3 unspecified atom stereocenters. The Morgan fingerprint density at radius 2 is 2.11 bits per heavy atom. The monoisotopic (exact) mass is 268 g/mol. The summed E-state index contributed by atoms with van der Waals surface area (Å²) in [6.45, 7) is 7.25. The Labute approximate surface area is 118 Å². The van der Waals surface area contributed by atoms with Crippen molar-refractivity contribution >= 4 is 5.91 Å². The first-order valence-electron chi connectivity index (χ1n) is 8.04. The average molecular weight is 268 g/mol. The van der Waals surface area contributed by atoms with Crippen LogP contribution in [-0.2, 0) is 4.79 Å². The molecular formula is C16H32N2O. The number of nitrogens with one attached hydrogen (secondary N) is 1. The molecule has 1 fully saturated rings. The summed E-state index contributed by atoms with van der Waals surface area (Å²) in [6.07, 6.45) is 7.80. The van der Waals surface area contributed by atoms with Gasteiger partial charge in [0.15, 0.2) is 0 Å². The minimum atomic E-state index is 0.206. The Kier molecular flexibility index (Phi) is 7.44. The lowest BCUT2D eigenvalue weighted by Crippen LogP contribution is -2.39. The maximum Gasteiger partial charge on any atom is 0.220 e. The lowest BCUT2D eigenvalue weighted by atomic mass is 9.84. The fourth-order valence-corrected chi connectivity index (χ4v) is 3.27. The normalized spacial score (nSPS) is 25.3. The zero-order valence-electron chi connectivity index (χ0n) is 13.0. The van der Waals surface area contributed by atoms with Crippen LogP contribution in [0.5, 0.6) is 0 Å². The molecule has 0 heterocycles. The van der Waals surface area contributed by atoms with E-state index in [0.29, 0.717) is 30.8 Å². The van der Waals surface area contributed by atoms with E-state index in [0.717, 1.165) is 18.8 Å². The molecule has 0 aliphatic heterocycles. The van der Waals surface area contributed by atoms with Crippen molar-refractivity contribution in [3.63, 3.8) is 0 Å². The van der Waals surface area contributed by atoms with E-state index < -0.39 is 0 Å². The molecule has 3 N–H and O–H groups in total. The van der Waals surface area contributed by atoms with Crippen LogP contribution < -0.4 is 11.1 Å². The molecule has 0 saturated heterocycles. The van der Waals surface area contributed by atoms with E-state index in [1.807, 2.05) is 0 Å². The molecule has 0 spiro atoms. The third-order valence-electron chi connectivity index (χ3n) is 4.34. The maximum absolute atomic E-state index is 12.1. The number of hydrogen-bond donors (Lipinski definition) is 2. The summed E-state index contributed by atoms with van der Waals surface area (Å²) < 4.78 is 0. The van der Waals surface area contributed by atoms with E-state index in [-0.39, 0.29) is 5.91 Å². The van der Waals surface area contributed by atoms with Crippen LogP contribution in [0.1, 0.15) is 65.7 Å². The highest BCUT2D eigenvalue weighted by atomic mass is 16.1. The standard InChI is InChI=1S/C16H32N2O/c1-4-13-6-5-7-15(9-13)18-16(19)10-14(11-17)8-12(2)3/h12-15H,4-11,17H2,1-3H3,(H,18,19). The fourth-order valence-electron chi connectivity index (χ4n) is 3.27. The first-order chi connectivity index (χ1) is 9.05. The second-order valence-electron chi connectivity index (χ2n) is 6.64. The van der Waals surface area contributed by atoms with Gasteiger partial charge in [0, 0.05) is 12.5 Å². The van der Waals surface area contributed by atoms with Crippen molar-refractivity contribution in [3.8, 4) is 0 Å². The van der Waals surface area contributed by atoms with E-state index in [1.54, 1.807) is 0 Å². The molecule has 0 aromatic heterocycles. The van der Waals surface area contributed by atoms with Crippen molar-refractivity contribution in [2.45, 2.75) is 71.8 Å². The van der Waals surface area contributed by atoms with Gasteiger partial charge in [-0.2, -0.15) is 0 Å². The van der Waals surface area contributed by atoms with E-state index >= 15 is 0 Å². The van der Waals surface area contributed by atoms with E-state index in [9.17, 15) is 4.79 Å². The van der Waals surface area contributed by atoms with Crippen molar-refractivity contribution in [2.24, 2.45) is 23.5 Å². The van der Waals surface area contributed by atoms with Crippen molar-refractivity contribution < 1.29 is 4.79 Å². The number of nitrogens with two attached hydrogens (primary N) is 1. The molecule has 1 aliphatic rings. The van der Waals surface area contributed by atoms with Gasteiger partial charge in [-0.05, 0) is 43.6 Å². The smallest absolute Gasteiger partial charge is 0.220 e. The number of amides is 1. The first-order valence-corrected chi connectivity index (χ1v) is 8.04. The van der Waals surface area contributed by atoms with Gasteiger partial charge in [-0.3, -0.25) is 4.79 Å². The summed E-state index contributed by atoms with van der Waals surface area (Å²) in [5.41, 5.74) is 5.77. The molecule has 0 aromatic carbocycles. The predicted molar refractivity (Wildman–Crippen MR) is 80.8 cm³/mol. The van der Waals surface area contributed by atoms with Gasteiger partial charge in [0.1, 0.15) is 0 Å². The SMILES string of the molecule is CCC1CCCC(NC(=O)CC(CN)CC(C)C)C1. The molecule has 0 bridgehead atoms. The van der Waals surface area contributed by atoms with Crippen LogP contribution in [0.2, 0.25) is 0 Å². The van der Waals surface area contributed by atoms with Gasteiger partial charge < -0.3 is 11.1 Å². The highest BCUT2D eigenvalue weighted by Crippen LogP contribution is 2.26. The first kappa shape index (κ1) is 16.5. The van der Waals surface area contributed by atoms with Gasteiger partial charge in [-0.1, -0.05) is 40.0 Å². The third kappa shape index (κ3) is 6.42. The molecule has 1 amide bonds. The quantitative estimate of drug-likeness (QED) is 0.745. The van der Waals surface area contributed by atoms with Crippen LogP contribution in [0.4, 0.5) is 0 Å². The molecule has 3 nitrogen and oxygen atoms in total. The molecule has 1 rings (SSSR count). The number of carbonyl (C=O) groups is 1. The number of rotatable bonds is 7. The van der Waals surface area contributed by atoms with Gasteiger partial charge in [0.05, 0.1) is 0 Å². The Bertz CT molecular complexity index is 265. The second-order valence-corrected chi connectivity index (χ2v) is 6.64. The van der Waals surface area contributed by atoms with Crippen molar-refractivity contribution in [2.75, 3.05) is 6.54 Å². The topological polar surface area (TPSA) is 55.1 Å². The third-order valence-corrected chi connectivity index (χ3v) is 4.34. The maximum atomic E-state index is 12.1. The Morgan fingerprint density at radius 1 is 1.37 bits per heavy atom. The summed E-state index contributed by atoms with van der Waals surface area (Å²) in [5.74, 6) is 1.96. The number of carbonyl (C=O) groups excluding carboxylic acids is 1. The van der Waals surface area contributed by atoms with Crippen molar-refractivity contribution in [1.82, 2.24) is 5.32 Å².